The lowest BCUT2D eigenvalue weighted by Gasteiger charge is -2.17. The monoisotopic (exact) mass is 360 g/mol. The molecule has 6 heteroatoms. The average Bonchev–Trinajstić information content (AvgIpc) is 2.82. The molecule has 0 aliphatic carbocycles. The third kappa shape index (κ3) is 2.49. The molecule has 0 unspecified atom stereocenters. The molecule has 0 spiro atoms. The maximum atomic E-state index is 9.80. The smallest absolute Gasteiger partial charge is 0.261 e. The Balaban J connectivity index is 2.44. The van der Waals surface area contributed by atoms with E-state index in [0.717, 1.165) is 3.57 Å². The number of ether oxygens (including phenoxy) is 1. The Bertz CT molecular complexity index is 566. The van der Waals surface area contributed by atoms with Gasteiger partial charge in [-0.05, 0) is 54.6 Å². The molecule has 0 fully saturated rings. The van der Waals surface area contributed by atoms with E-state index in [9.17, 15) is 5.11 Å². The lowest BCUT2D eigenvalue weighted by Crippen LogP contribution is -2.21. The van der Waals surface area contributed by atoms with Crippen molar-refractivity contribution in [2.24, 2.45) is 0 Å². The highest BCUT2D eigenvalue weighted by Crippen LogP contribution is 2.31. The maximum Gasteiger partial charge on any atom is 0.261 e. The molecule has 0 saturated carbocycles. The van der Waals surface area contributed by atoms with E-state index in [0.29, 0.717) is 11.4 Å². The highest BCUT2D eigenvalue weighted by molar-refractivity contribution is 14.1. The zero-order valence-corrected chi connectivity index (χ0v) is 12.4. The molecule has 0 atom stereocenters. The molecule has 1 heterocycles. The van der Waals surface area contributed by atoms with Gasteiger partial charge in [0.05, 0.1) is 5.56 Å². The van der Waals surface area contributed by atoms with Gasteiger partial charge in [-0.15, -0.1) is 0 Å². The summed E-state index contributed by atoms with van der Waals surface area (Å²) in [6, 6.07) is 5.19. The number of methoxy groups -OCH3 is 1. The predicted octanol–water partition coefficient (Wildman–Crippen LogP) is 2.93. The summed E-state index contributed by atoms with van der Waals surface area (Å²) in [5.41, 5.74) is -0.105. The zero-order chi connectivity index (χ0) is 13.3. The quantitative estimate of drug-likeness (QED) is 0.853. The van der Waals surface area contributed by atoms with E-state index in [4.69, 9.17) is 9.26 Å². The van der Waals surface area contributed by atoms with Crippen molar-refractivity contribution in [2.75, 3.05) is 7.11 Å². The molecule has 1 N–H and O–H groups in total. The molecule has 18 heavy (non-hydrogen) atoms. The van der Waals surface area contributed by atoms with E-state index in [2.05, 4.69) is 32.7 Å². The van der Waals surface area contributed by atoms with Crippen molar-refractivity contribution in [3.05, 3.63) is 27.6 Å². The Morgan fingerprint density at radius 3 is 2.78 bits per heavy atom. The number of nitrogens with zero attached hydrogens (tertiary/aromatic N) is 2. The van der Waals surface area contributed by atoms with Crippen LogP contribution in [-0.2, 0) is 10.3 Å². The summed E-state index contributed by atoms with van der Waals surface area (Å²) in [4.78, 5) is 4.26. The van der Waals surface area contributed by atoms with Crippen molar-refractivity contribution in [1.29, 1.82) is 0 Å². The molecule has 1 aromatic carbocycles. The number of aromatic hydroxyl groups is 1. The van der Waals surface area contributed by atoms with Crippen molar-refractivity contribution in [1.82, 2.24) is 10.1 Å². The Hall–Kier alpha value is -1.15. The minimum absolute atomic E-state index is 0.112. The van der Waals surface area contributed by atoms with Gasteiger partial charge in [-0.25, -0.2) is 0 Å². The van der Waals surface area contributed by atoms with Gasteiger partial charge in [0.1, 0.15) is 11.4 Å². The van der Waals surface area contributed by atoms with Crippen LogP contribution < -0.4 is 0 Å². The van der Waals surface area contributed by atoms with E-state index < -0.39 is 5.60 Å². The van der Waals surface area contributed by atoms with Crippen LogP contribution in [0.4, 0.5) is 0 Å². The molecule has 0 saturated heterocycles. The van der Waals surface area contributed by atoms with Crippen molar-refractivity contribution in [3.8, 4) is 17.2 Å². The Labute approximate surface area is 118 Å². The molecular weight excluding hydrogens is 347 g/mol. The number of phenolic OH excluding ortho intramolecular Hbond substituents is 1. The molecule has 0 aliphatic heterocycles. The largest absolute Gasteiger partial charge is 0.507 e. The summed E-state index contributed by atoms with van der Waals surface area (Å²) in [6.45, 7) is 3.69. The zero-order valence-electron chi connectivity index (χ0n) is 10.3. The first-order valence-corrected chi connectivity index (χ1v) is 6.40. The fourth-order valence-electron chi connectivity index (χ4n) is 1.35. The lowest BCUT2D eigenvalue weighted by molar-refractivity contribution is 0.00973. The number of phenols is 1. The fourth-order valence-corrected chi connectivity index (χ4v) is 1.84. The van der Waals surface area contributed by atoms with Gasteiger partial charge in [-0.2, -0.15) is 4.98 Å². The third-order valence-corrected chi connectivity index (χ3v) is 3.33. The van der Waals surface area contributed by atoms with Gasteiger partial charge in [0.15, 0.2) is 0 Å². The molecule has 0 amide bonds. The summed E-state index contributed by atoms with van der Waals surface area (Å²) in [5.74, 6) is 0.838. The molecule has 5 nitrogen and oxygen atoms in total. The number of rotatable bonds is 3. The van der Waals surface area contributed by atoms with Crippen LogP contribution in [0.3, 0.4) is 0 Å². The van der Waals surface area contributed by atoms with Crippen LogP contribution >= 0.6 is 22.6 Å². The Kier molecular flexibility index (Phi) is 3.58. The van der Waals surface area contributed by atoms with E-state index in [1.165, 1.54) is 0 Å². The lowest BCUT2D eigenvalue weighted by atomic mass is 10.1. The summed E-state index contributed by atoms with van der Waals surface area (Å²) in [5, 5.41) is 13.7. The number of benzene rings is 1. The number of hydrogen-bond donors (Lipinski definition) is 1. The Morgan fingerprint density at radius 2 is 2.11 bits per heavy atom. The molecular formula is C12H13IN2O3. The van der Waals surface area contributed by atoms with Crippen LogP contribution in [0.2, 0.25) is 0 Å². The number of aromatic nitrogens is 2. The standard InChI is InChI=1S/C12H13IN2O3/c1-12(2,17-3)11-14-10(18-15-11)8-6-7(13)4-5-9(8)16/h4-6,16H,1-3H3. The number of halogens is 1. The molecule has 0 bridgehead atoms. The van der Waals surface area contributed by atoms with Gasteiger partial charge in [0.2, 0.25) is 5.82 Å². The number of hydrogen-bond acceptors (Lipinski definition) is 5. The highest BCUT2D eigenvalue weighted by atomic mass is 127. The third-order valence-electron chi connectivity index (χ3n) is 2.66. The normalized spacial score (nSPS) is 11.8. The van der Waals surface area contributed by atoms with Crippen molar-refractivity contribution in [3.63, 3.8) is 0 Å². The van der Waals surface area contributed by atoms with Gasteiger partial charge in [0.25, 0.3) is 5.89 Å². The maximum absolute atomic E-state index is 9.80. The first-order valence-electron chi connectivity index (χ1n) is 5.32. The van der Waals surface area contributed by atoms with E-state index in [-0.39, 0.29) is 11.6 Å². The van der Waals surface area contributed by atoms with Gasteiger partial charge >= 0.3 is 0 Å². The van der Waals surface area contributed by atoms with E-state index in [1.54, 1.807) is 25.3 Å². The van der Waals surface area contributed by atoms with Crippen molar-refractivity contribution < 1.29 is 14.4 Å². The molecule has 2 rings (SSSR count). The van der Waals surface area contributed by atoms with Gasteiger partial charge < -0.3 is 14.4 Å². The first-order chi connectivity index (χ1) is 8.44. The van der Waals surface area contributed by atoms with Crippen LogP contribution in [0, 0.1) is 3.57 Å². The summed E-state index contributed by atoms with van der Waals surface area (Å²) >= 11 is 2.15. The minimum atomic E-state index is -0.626. The Morgan fingerprint density at radius 1 is 1.39 bits per heavy atom. The topological polar surface area (TPSA) is 68.4 Å². The van der Waals surface area contributed by atoms with Gasteiger partial charge in [0, 0.05) is 10.7 Å². The second-order valence-electron chi connectivity index (χ2n) is 4.30. The van der Waals surface area contributed by atoms with Crippen LogP contribution in [0.1, 0.15) is 19.7 Å². The molecule has 2 aromatic rings. The van der Waals surface area contributed by atoms with Crippen LogP contribution in [0.25, 0.3) is 11.5 Å². The first kappa shape index (κ1) is 13.3. The van der Waals surface area contributed by atoms with Crippen LogP contribution in [0.15, 0.2) is 22.7 Å². The SMILES string of the molecule is COC(C)(C)c1noc(-c2cc(I)ccc2O)n1. The van der Waals surface area contributed by atoms with Crippen LogP contribution in [0.5, 0.6) is 5.75 Å². The summed E-state index contributed by atoms with van der Waals surface area (Å²) in [6.07, 6.45) is 0. The average molecular weight is 360 g/mol. The second kappa shape index (κ2) is 4.85. The van der Waals surface area contributed by atoms with Crippen molar-refractivity contribution >= 4 is 22.6 Å². The van der Waals surface area contributed by atoms with E-state index >= 15 is 0 Å². The second-order valence-corrected chi connectivity index (χ2v) is 5.54. The molecule has 96 valence electrons. The fraction of sp³-hybridized carbons (Fsp3) is 0.333. The molecule has 1 aromatic heterocycles. The van der Waals surface area contributed by atoms with Gasteiger partial charge in [-0.3, -0.25) is 0 Å². The highest BCUT2D eigenvalue weighted by Gasteiger charge is 2.27. The minimum Gasteiger partial charge on any atom is -0.507 e. The molecule has 0 radical (unpaired) electrons. The van der Waals surface area contributed by atoms with Gasteiger partial charge in [-0.1, -0.05) is 5.16 Å². The summed E-state index contributed by atoms with van der Waals surface area (Å²) in [7, 11) is 1.58. The van der Waals surface area contributed by atoms with Crippen LogP contribution in [-0.4, -0.2) is 22.4 Å². The molecule has 0 aliphatic rings. The predicted molar refractivity (Wildman–Crippen MR) is 74.2 cm³/mol. The van der Waals surface area contributed by atoms with E-state index in [1.807, 2.05) is 13.8 Å². The summed E-state index contributed by atoms with van der Waals surface area (Å²) < 4.78 is 11.4. The van der Waals surface area contributed by atoms with Crippen molar-refractivity contribution in [2.45, 2.75) is 19.4 Å².